The smallest absolute Gasteiger partial charge is 0.333 e. The van der Waals surface area contributed by atoms with E-state index >= 15 is 0 Å². The van der Waals surface area contributed by atoms with E-state index in [9.17, 15) is 9.70 Å². The first-order chi connectivity index (χ1) is 7.56. The highest BCUT2D eigenvalue weighted by Crippen LogP contribution is 2.35. The van der Waals surface area contributed by atoms with Crippen LogP contribution in [0.25, 0.3) is 0 Å². The van der Waals surface area contributed by atoms with E-state index in [1.165, 1.54) is 0 Å². The van der Waals surface area contributed by atoms with Gasteiger partial charge in [0.2, 0.25) is 11.1 Å². The summed E-state index contributed by atoms with van der Waals surface area (Å²) in [7, 11) is 0. The highest BCUT2D eigenvalue weighted by Gasteiger charge is 2.54. The van der Waals surface area contributed by atoms with Crippen LogP contribution in [0.1, 0.15) is 47.5 Å². The molecule has 17 heavy (non-hydrogen) atoms. The number of carbonyl (C=O) groups is 1. The zero-order valence-electron chi connectivity index (χ0n) is 11.4. The van der Waals surface area contributed by atoms with E-state index in [2.05, 4.69) is 6.58 Å². The lowest BCUT2D eigenvalue weighted by atomic mass is 9.80. The Bertz CT molecular complexity index is 349. The normalized spacial score (nSPS) is 23.2. The summed E-state index contributed by atoms with van der Waals surface area (Å²) in [6, 6.07) is 0. The third-order valence-electron chi connectivity index (χ3n) is 3.18. The third-order valence-corrected chi connectivity index (χ3v) is 3.18. The van der Waals surface area contributed by atoms with Crippen LogP contribution in [0, 0.1) is 4.91 Å². The monoisotopic (exact) mass is 240 g/mol. The Kier molecular flexibility index (Phi) is 3.46. The van der Waals surface area contributed by atoms with Crippen LogP contribution in [-0.4, -0.2) is 27.9 Å². The van der Waals surface area contributed by atoms with Crippen LogP contribution in [0.2, 0.25) is 0 Å². The molecule has 0 bridgehead atoms. The largest absolute Gasteiger partial charge is 0.458 e. The van der Waals surface area contributed by atoms with Gasteiger partial charge in [-0.2, -0.15) is 0 Å². The molecule has 96 valence electrons. The molecule has 0 atom stereocenters. The average molecular weight is 240 g/mol. The molecule has 0 amide bonds. The molecule has 0 aromatic carbocycles. The number of nitroso groups, excluding NO2 is 1. The lowest BCUT2D eigenvalue weighted by Gasteiger charge is -2.36. The van der Waals surface area contributed by atoms with Gasteiger partial charge in [0, 0.05) is 42.9 Å². The van der Waals surface area contributed by atoms with Gasteiger partial charge in [-0.15, -0.1) is 0 Å². The van der Waals surface area contributed by atoms with Gasteiger partial charge in [-0.3, -0.25) is 0 Å². The van der Waals surface area contributed by atoms with Crippen LogP contribution in [0.4, 0.5) is 0 Å². The summed E-state index contributed by atoms with van der Waals surface area (Å²) in [5, 5.41) is 0. The quantitative estimate of drug-likeness (QED) is 0.423. The number of rotatable bonds is 2. The van der Waals surface area contributed by atoms with Crippen molar-refractivity contribution in [2.45, 2.75) is 64.6 Å². The fraction of sp³-hybridized carbons (Fsp3) is 0.769. The second-order valence-electron chi connectivity index (χ2n) is 6.14. The van der Waals surface area contributed by atoms with Crippen molar-refractivity contribution in [2.24, 2.45) is 0 Å². The number of hydrogen-bond acceptors (Lipinski definition) is 3. The van der Waals surface area contributed by atoms with Gasteiger partial charge < -0.3 is 4.74 Å². The molecule has 1 heterocycles. The minimum absolute atomic E-state index is 0.214. The van der Waals surface area contributed by atoms with Gasteiger partial charge >= 0.3 is 5.97 Å². The Morgan fingerprint density at radius 1 is 1.24 bits per heavy atom. The Labute approximate surface area is 103 Å². The first-order valence-electron chi connectivity index (χ1n) is 5.90. The minimum Gasteiger partial charge on any atom is -0.458 e. The number of ether oxygens (including phenoxy) is 1. The van der Waals surface area contributed by atoms with Crippen LogP contribution in [0.15, 0.2) is 12.2 Å². The van der Waals surface area contributed by atoms with E-state index in [0.29, 0.717) is 18.4 Å². The van der Waals surface area contributed by atoms with Crippen molar-refractivity contribution in [3.63, 3.8) is 0 Å². The lowest BCUT2D eigenvalue weighted by Crippen LogP contribution is -2.56. The average Bonchev–Trinajstić information content (AvgIpc) is 2.12. The van der Waals surface area contributed by atoms with Crippen LogP contribution in [0.5, 0.6) is 0 Å². The summed E-state index contributed by atoms with van der Waals surface area (Å²) in [5.74, 6) is -0.374. The molecule has 0 unspecified atom stereocenters. The van der Waals surface area contributed by atoms with Crippen molar-refractivity contribution >= 4 is 5.97 Å². The standard InChI is InChI=1S/C13H22NO3/c1-9(2)11(15)17-10-7-12(3,4)14(16)13(5,6)8-10/h10H,1,7-8H2,2-6H3/q+1. The fourth-order valence-electron chi connectivity index (χ4n) is 2.51. The molecule has 1 saturated heterocycles. The summed E-state index contributed by atoms with van der Waals surface area (Å²) in [6.45, 7) is 12.7. The molecule has 0 aromatic rings. The maximum absolute atomic E-state index is 12.1. The van der Waals surface area contributed by atoms with Crippen molar-refractivity contribution < 1.29 is 14.3 Å². The van der Waals surface area contributed by atoms with Crippen molar-refractivity contribution in [1.29, 1.82) is 0 Å². The number of piperidine rings is 1. The highest BCUT2D eigenvalue weighted by molar-refractivity contribution is 5.87. The predicted molar refractivity (Wildman–Crippen MR) is 65.7 cm³/mol. The van der Waals surface area contributed by atoms with Crippen LogP contribution in [-0.2, 0) is 9.53 Å². The molecule has 1 aliphatic heterocycles. The molecule has 1 fully saturated rings. The third kappa shape index (κ3) is 2.93. The Hall–Kier alpha value is -1.19. The van der Waals surface area contributed by atoms with E-state index < -0.39 is 11.1 Å². The molecular formula is C13H22NO3+. The van der Waals surface area contributed by atoms with Gasteiger partial charge in [-0.25, -0.2) is 4.79 Å². The maximum Gasteiger partial charge on any atom is 0.333 e. The van der Waals surface area contributed by atoms with Gasteiger partial charge in [0.1, 0.15) is 6.10 Å². The molecule has 0 saturated carbocycles. The van der Waals surface area contributed by atoms with E-state index in [0.717, 1.165) is 4.76 Å². The zero-order valence-corrected chi connectivity index (χ0v) is 11.4. The van der Waals surface area contributed by atoms with E-state index in [-0.39, 0.29) is 12.1 Å². The van der Waals surface area contributed by atoms with Crippen LogP contribution >= 0.6 is 0 Å². The van der Waals surface area contributed by atoms with Gasteiger partial charge in [-0.1, -0.05) is 6.58 Å². The summed E-state index contributed by atoms with van der Waals surface area (Å²) in [5.41, 5.74) is -0.631. The van der Waals surface area contributed by atoms with Gasteiger partial charge in [0.05, 0.1) is 12.8 Å². The van der Waals surface area contributed by atoms with Crippen LogP contribution < -0.4 is 0 Å². The number of esters is 1. The first-order valence-corrected chi connectivity index (χ1v) is 5.90. The van der Waals surface area contributed by atoms with Gasteiger partial charge in [-0.05, 0) is 6.92 Å². The maximum atomic E-state index is 12.1. The Morgan fingerprint density at radius 3 is 2.00 bits per heavy atom. The second kappa shape index (κ2) is 4.24. The molecular weight excluding hydrogens is 218 g/mol. The van der Waals surface area contributed by atoms with E-state index in [1.807, 2.05) is 27.7 Å². The molecule has 0 radical (unpaired) electrons. The van der Waals surface area contributed by atoms with Crippen molar-refractivity contribution in [1.82, 2.24) is 0 Å². The van der Waals surface area contributed by atoms with E-state index in [1.54, 1.807) is 6.92 Å². The van der Waals surface area contributed by atoms with Gasteiger partial charge in [0.25, 0.3) is 0 Å². The van der Waals surface area contributed by atoms with E-state index in [4.69, 9.17) is 4.74 Å². The van der Waals surface area contributed by atoms with Crippen LogP contribution in [0.3, 0.4) is 0 Å². The SMILES string of the molecule is C=C(C)C(=O)OC1CC(C)(C)[N+](=O)C(C)(C)C1. The lowest BCUT2D eigenvalue weighted by molar-refractivity contribution is -0.695. The number of nitrogens with zero attached hydrogens (tertiary/aromatic N) is 1. The topological polar surface area (TPSA) is 46.4 Å². The minimum atomic E-state index is -0.512. The molecule has 0 spiro atoms. The molecule has 0 N–H and O–H groups in total. The zero-order chi connectivity index (χ0) is 13.4. The molecule has 4 nitrogen and oxygen atoms in total. The Morgan fingerprint density at radius 2 is 1.65 bits per heavy atom. The molecule has 1 aliphatic rings. The highest BCUT2D eigenvalue weighted by atomic mass is 16.5. The molecule has 0 aliphatic carbocycles. The number of carbonyl (C=O) groups excluding carboxylic acids is 1. The second-order valence-corrected chi connectivity index (χ2v) is 6.14. The summed E-state index contributed by atoms with van der Waals surface area (Å²) in [4.78, 5) is 23.6. The van der Waals surface area contributed by atoms with Crippen molar-refractivity contribution in [2.75, 3.05) is 0 Å². The molecule has 1 rings (SSSR count). The molecule has 0 aromatic heterocycles. The number of hydrogen-bond donors (Lipinski definition) is 0. The summed E-state index contributed by atoms with van der Waals surface area (Å²) in [6.07, 6.45) is 0.896. The fourth-order valence-corrected chi connectivity index (χ4v) is 2.51. The Balaban J connectivity index is 2.82. The van der Waals surface area contributed by atoms with Crippen molar-refractivity contribution in [3.05, 3.63) is 17.1 Å². The summed E-state index contributed by atoms with van der Waals surface area (Å²) < 4.78 is 6.48. The summed E-state index contributed by atoms with van der Waals surface area (Å²) >= 11 is 0. The van der Waals surface area contributed by atoms with Gasteiger partial charge in [0.15, 0.2) is 0 Å². The van der Waals surface area contributed by atoms with Crippen molar-refractivity contribution in [3.8, 4) is 0 Å². The molecule has 4 heteroatoms. The predicted octanol–water partition coefficient (Wildman–Crippen LogP) is 2.60. The first kappa shape index (κ1) is 13.9.